The van der Waals surface area contributed by atoms with E-state index in [9.17, 15) is 13.2 Å². The van der Waals surface area contributed by atoms with Gasteiger partial charge in [0, 0.05) is 36.0 Å². The molecular formula is C28H38N6O4S2. The molecule has 1 aliphatic rings. The molecule has 1 amide bonds. The SMILES string of the molecule is CCNS(=O)(=O)c1cc(Nc2cc(C(C)C)cnn2)ccc1-c1cnc(C2CCC(NC(=O)OC(C)C)CC2)s1. The number of nitrogens with zero attached hydrogens (tertiary/aromatic N) is 3. The van der Waals surface area contributed by atoms with Gasteiger partial charge >= 0.3 is 6.09 Å². The molecule has 0 radical (unpaired) electrons. The van der Waals surface area contributed by atoms with Crippen LogP contribution in [0.2, 0.25) is 0 Å². The van der Waals surface area contributed by atoms with Gasteiger partial charge in [-0.3, -0.25) is 0 Å². The number of sulfonamides is 1. The summed E-state index contributed by atoms with van der Waals surface area (Å²) < 4.78 is 34.3. The van der Waals surface area contributed by atoms with Crippen LogP contribution in [0.15, 0.2) is 41.6 Å². The highest BCUT2D eigenvalue weighted by Crippen LogP contribution is 2.40. The van der Waals surface area contributed by atoms with Crippen molar-refractivity contribution < 1.29 is 17.9 Å². The maximum Gasteiger partial charge on any atom is 0.407 e. The number of alkyl carbamates (subject to hydrolysis) is 1. The van der Waals surface area contributed by atoms with Gasteiger partial charge in [-0.05, 0) is 69.2 Å². The average Bonchev–Trinajstić information content (AvgIpc) is 3.39. The lowest BCUT2D eigenvalue weighted by atomic mass is 9.86. The molecule has 0 saturated heterocycles. The van der Waals surface area contributed by atoms with Crippen LogP contribution in [0, 0.1) is 0 Å². The normalized spacial score (nSPS) is 17.7. The Bertz CT molecular complexity index is 1420. The fraction of sp³-hybridized carbons (Fsp3) is 0.500. The quantitative estimate of drug-likeness (QED) is 0.266. The van der Waals surface area contributed by atoms with Gasteiger partial charge in [-0.2, -0.15) is 5.10 Å². The predicted octanol–water partition coefficient (Wildman–Crippen LogP) is 5.93. The zero-order chi connectivity index (χ0) is 28.9. The first-order chi connectivity index (χ1) is 19.1. The molecule has 1 fully saturated rings. The van der Waals surface area contributed by atoms with Crippen molar-refractivity contribution in [2.24, 2.45) is 0 Å². The maximum absolute atomic E-state index is 13.2. The first-order valence-electron chi connectivity index (χ1n) is 13.7. The Kier molecular flexibility index (Phi) is 9.75. The molecule has 40 heavy (non-hydrogen) atoms. The number of carbonyl (C=O) groups is 1. The second-order valence-electron chi connectivity index (χ2n) is 10.6. The predicted molar refractivity (Wildman–Crippen MR) is 158 cm³/mol. The third-order valence-electron chi connectivity index (χ3n) is 6.75. The van der Waals surface area contributed by atoms with Crippen molar-refractivity contribution in [1.29, 1.82) is 0 Å². The highest BCUT2D eigenvalue weighted by atomic mass is 32.2. The van der Waals surface area contributed by atoms with Crippen LogP contribution in [0.1, 0.15) is 82.7 Å². The number of carbonyl (C=O) groups excluding carboxylic acids is 1. The van der Waals surface area contributed by atoms with Crippen molar-refractivity contribution in [2.75, 3.05) is 11.9 Å². The molecule has 2 aromatic heterocycles. The molecule has 1 saturated carbocycles. The number of anilines is 2. The Morgan fingerprint density at radius 1 is 1.10 bits per heavy atom. The summed E-state index contributed by atoms with van der Waals surface area (Å²) in [5, 5.41) is 15.4. The Morgan fingerprint density at radius 2 is 1.85 bits per heavy atom. The van der Waals surface area contributed by atoms with Gasteiger partial charge in [0.25, 0.3) is 0 Å². The summed E-state index contributed by atoms with van der Waals surface area (Å²) in [6.07, 6.45) is 6.42. The number of amides is 1. The molecule has 3 N–H and O–H groups in total. The van der Waals surface area contributed by atoms with E-state index in [2.05, 4.69) is 44.4 Å². The van der Waals surface area contributed by atoms with Gasteiger partial charge in [-0.15, -0.1) is 16.4 Å². The topological polar surface area (TPSA) is 135 Å². The molecule has 2 heterocycles. The van der Waals surface area contributed by atoms with E-state index < -0.39 is 10.0 Å². The molecule has 10 nitrogen and oxygen atoms in total. The van der Waals surface area contributed by atoms with Crippen LogP contribution in [0.5, 0.6) is 0 Å². The van der Waals surface area contributed by atoms with E-state index in [4.69, 9.17) is 4.74 Å². The number of ether oxygens (including phenoxy) is 1. The van der Waals surface area contributed by atoms with E-state index >= 15 is 0 Å². The zero-order valence-electron chi connectivity index (χ0n) is 23.6. The Labute approximate surface area is 240 Å². The van der Waals surface area contributed by atoms with Crippen LogP contribution in [0.4, 0.5) is 16.3 Å². The minimum Gasteiger partial charge on any atom is -0.447 e. The molecule has 0 spiro atoms. The van der Waals surface area contributed by atoms with E-state index in [1.54, 1.807) is 25.4 Å². The number of rotatable bonds is 10. The van der Waals surface area contributed by atoms with Crippen molar-refractivity contribution >= 4 is 39.0 Å². The molecule has 0 atom stereocenters. The van der Waals surface area contributed by atoms with E-state index in [1.165, 1.54) is 11.3 Å². The van der Waals surface area contributed by atoms with Gasteiger partial charge < -0.3 is 15.4 Å². The minimum absolute atomic E-state index is 0.0877. The molecular weight excluding hydrogens is 548 g/mol. The second kappa shape index (κ2) is 13.0. The summed E-state index contributed by atoms with van der Waals surface area (Å²) in [6.45, 7) is 9.84. The van der Waals surface area contributed by atoms with Crippen LogP contribution in [-0.2, 0) is 14.8 Å². The molecule has 0 aliphatic heterocycles. The summed E-state index contributed by atoms with van der Waals surface area (Å²) in [4.78, 5) is 17.6. The largest absolute Gasteiger partial charge is 0.447 e. The van der Waals surface area contributed by atoms with E-state index in [-0.39, 0.29) is 41.5 Å². The van der Waals surface area contributed by atoms with Crippen molar-refractivity contribution in [3.63, 3.8) is 0 Å². The lowest BCUT2D eigenvalue weighted by Crippen LogP contribution is -2.38. The molecule has 3 aromatic rings. The van der Waals surface area contributed by atoms with Crippen LogP contribution >= 0.6 is 11.3 Å². The molecule has 216 valence electrons. The van der Waals surface area contributed by atoms with Crippen LogP contribution < -0.4 is 15.4 Å². The zero-order valence-corrected chi connectivity index (χ0v) is 25.2. The van der Waals surface area contributed by atoms with Gasteiger partial charge in [-0.1, -0.05) is 26.8 Å². The summed E-state index contributed by atoms with van der Waals surface area (Å²) in [5.41, 5.74) is 2.23. The van der Waals surface area contributed by atoms with Crippen molar-refractivity contribution in [3.05, 3.63) is 47.2 Å². The number of hydrogen-bond donors (Lipinski definition) is 3. The molecule has 12 heteroatoms. The molecule has 0 unspecified atom stereocenters. The van der Waals surface area contributed by atoms with Crippen LogP contribution in [0.25, 0.3) is 10.4 Å². The van der Waals surface area contributed by atoms with E-state index in [1.807, 2.05) is 32.0 Å². The molecule has 1 aromatic carbocycles. The molecule has 1 aliphatic carbocycles. The first-order valence-corrected chi connectivity index (χ1v) is 16.0. The highest BCUT2D eigenvalue weighted by Gasteiger charge is 2.27. The third-order valence-corrected chi connectivity index (χ3v) is 9.53. The van der Waals surface area contributed by atoms with Crippen molar-refractivity contribution in [3.8, 4) is 10.4 Å². The first kappa shape index (κ1) is 29.9. The summed E-state index contributed by atoms with van der Waals surface area (Å²) in [6, 6.07) is 7.28. The number of nitrogens with one attached hydrogen (secondary N) is 3. The second-order valence-corrected chi connectivity index (χ2v) is 13.4. The number of benzene rings is 1. The van der Waals surface area contributed by atoms with Gasteiger partial charge in [0.15, 0.2) is 5.82 Å². The smallest absolute Gasteiger partial charge is 0.407 e. The summed E-state index contributed by atoms with van der Waals surface area (Å²) in [5.74, 6) is 1.10. The van der Waals surface area contributed by atoms with Crippen molar-refractivity contribution in [1.82, 2.24) is 25.2 Å². The van der Waals surface area contributed by atoms with Crippen molar-refractivity contribution in [2.45, 2.75) is 89.2 Å². The molecule has 0 bridgehead atoms. The monoisotopic (exact) mass is 586 g/mol. The molecule has 4 rings (SSSR count). The lowest BCUT2D eigenvalue weighted by molar-refractivity contribution is 0.109. The van der Waals surface area contributed by atoms with Crippen LogP contribution in [-0.4, -0.2) is 48.4 Å². The number of aromatic nitrogens is 3. The van der Waals surface area contributed by atoms with Crippen LogP contribution in [0.3, 0.4) is 0 Å². The lowest BCUT2D eigenvalue weighted by Gasteiger charge is -2.28. The summed E-state index contributed by atoms with van der Waals surface area (Å²) >= 11 is 1.52. The number of thiazole rings is 1. The number of hydrogen-bond acceptors (Lipinski definition) is 9. The standard InChI is InChI=1S/C28H38N6O4S2/c1-6-31-40(36,37)25-14-22(32-26-13-20(17(2)3)15-30-34-26)11-12-23(25)24-16-29-27(39-24)19-7-9-21(10-8-19)33-28(35)38-18(4)5/h11-19,21,31H,6-10H2,1-5H3,(H,32,34)(H,33,35). The average molecular weight is 587 g/mol. The fourth-order valence-corrected chi connectivity index (χ4v) is 7.18. The maximum atomic E-state index is 13.2. The minimum atomic E-state index is -3.77. The van der Waals surface area contributed by atoms with Gasteiger partial charge in [0.2, 0.25) is 10.0 Å². The third kappa shape index (κ3) is 7.55. The van der Waals surface area contributed by atoms with Gasteiger partial charge in [-0.25, -0.2) is 22.9 Å². The Morgan fingerprint density at radius 3 is 2.52 bits per heavy atom. The van der Waals surface area contributed by atoms with Gasteiger partial charge in [0.05, 0.1) is 27.1 Å². The Hall–Kier alpha value is -3.09. The fourth-order valence-electron chi connectivity index (χ4n) is 4.70. The highest BCUT2D eigenvalue weighted by molar-refractivity contribution is 7.89. The summed E-state index contributed by atoms with van der Waals surface area (Å²) in [7, 11) is -3.77. The van der Waals surface area contributed by atoms with Gasteiger partial charge in [0.1, 0.15) is 0 Å². The van der Waals surface area contributed by atoms with E-state index in [0.29, 0.717) is 17.1 Å². The Balaban J connectivity index is 1.53. The van der Waals surface area contributed by atoms with E-state index in [0.717, 1.165) is 41.1 Å².